The van der Waals surface area contributed by atoms with Crippen molar-refractivity contribution in [2.24, 2.45) is 0 Å². The predicted molar refractivity (Wildman–Crippen MR) is 92.2 cm³/mol. The van der Waals surface area contributed by atoms with Crippen LogP contribution in [0.15, 0.2) is 47.1 Å². The number of aromatic nitrogens is 2. The standard InChI is InChI=1S/C19H17N3O5/c23-19(20-8-14-2-1-5-24-14)15-7-13-10-25-18(9-22(13)21-15)12-3-4-16-17(6-12)27-11-26-16/h1-7,18H,8-11H2,(H,20,23). The molecule has 1 atom stereocenters. The van der Waals surface area contributed by atoms with Crippen molar-refractivity contribution in [3.8, 4) is 11.5 Å². The van der Waals surface area contributed by atoms with Crippen molar-refractivity contribution in [2.45, 2.75) is 25.8 Å². The number of carbonyl (C=O) groups is 1. The molecule has 1 unspecified atom stereocenters. The molecule has 2 aliphatic heterocycles. The molecule has 1 amide bonds. The number of hydrogen-bond donors (Lipinski definition) is 1. The Morgan fingerprint density at radius 1 is 1.22 bits per heavy atom. The summed E-state index contributed by atoms with van der Waals surface area (Å²) in [6.07, 6.45) is 1.41. The number of nitrogens with one attached hydrogen (secondary N) is 1. The van der Waals surface area contributed by atoms with Gasteiger partial charge in [-0.15, -0.1) is 0 Å². The van der Waals surface area contributed by atoms with Gasteiger partial charge >= 0.3 is 0 Å². The lowest BCUT2D eigenvalue weighted by Crippen LogP contribution is -2.24. The van der Waals surface area contributed by atoms with E-state index in [-0.39, 0.29) is 18.8 Å². The van der Waals surface area contributed by atoms with E-state index in [4.69, 9.17) is 18.6 Å². The van der Waals surface area contributed by atoms with E-state index in [1.54, 1.807) is 18.4 Å². The highest BCUT2D eigenvalue weighted by Gasteiger charge is 2.25. The average Bonchev–Trinajstić information content (AvgIpc) is 3.45. The molecule has 2 aliphatic rings. The zero-order valence-electron chi connectivity index (χ0n) is 14.4. The molecular formula is C19H17N3O5. The summed E-state index contributed by atoms with van der Waals surface area (Å²) in [6.45, 7) is 1.48. The number of benzene rings is 1. The fourth-order valence-electron chi connectivity index (χ4n) is 3.22. The van der Waals surface area contributed by atoms with Crippen molar-refractivity contribution in [2.75, 3.05) is 6.79 Å². The zero-order chi connectivity index (χ0) is 18.2. The Labute approximate surface area is 154 Å². The molecular weight excluding hydrogens is 350 g/mol. The summed E-state index contributed by atoms with van der Waals surface area (Å²) in [7, 11) is 0. The lowest BCUT2D eigenvalue weighted by Gasteiger charge is -2.24. The molecule has 0 aliphatic carbocycles. The summed E-state index contributed by atoms with van der Waals surface area (Å²) in [5.74, 6) is 1.91. The van der Waals surface area contributed by atoms with Gasteiger partial charge in [-0.1, -0.05) is 6.07 Å². The molecule has 1 aromatic carbocycles. The molecule has 4 heterocycles. The smallest absolute Gasteiger partial charge is 0.272 e. The fourth-order valence-corrected chi connectivity index (χ4v) is 3.22. The Bertz CT molecular complexity index is 979. The van der Waals surface area contributed by atoms with Crippen molar-refractivity contribution < 1.29 is 23.4 Å². The minimum Gasteiger partial charge on any atom is -0.467 e. The van der Waals surface area contributed by atoms with Crippen molar-refractivity contribution in [3.63, 3.8) is 0 Å². The van der Waals surface area contributed by atoms with Crippen LogP contribution in [0.5, 0.6) is 11.5 Å². The maximum absolute atomic E-state index is 12.3. The van der Waals surface area contributed by atoms with Crippen LogP contribution in [0.25, 0.3) is 0 Å². The predicted octanol–water partition coefficient (Wildman–Crippen LogP) is 2.41. The number of furan rings is 1. The second-order valence-corrected chi connectivity index (χ2v) is 6.38. The van der Waals surface area contributed by atoms with E-state index in [2.05, 4.69) is 10.4 Å². The zero-order valence-corrected chi connectivity index (χ0v) is 14.4. The molecule has 2 aromatic heterocycles. The van der Waals surface area contributed by atoms with Crippen LogP contribution in [-0.4, -0.2) is 22.5 Å². The van der Waals surface area contributed by atoms with Crippen molar-refractivity contribution in [1.29, 1.82) is 0 Å². The van der Waals surface area contributed by atoms with Crippen LogP contribution < -0.4 is 14.8 Å². The Kier molecular flexibility index (Phi) is 3.83. The number of hydrogen-bond acceptors (Lipinski definition) is 6. The van der Waals surface area contributed by atoms with E-state index in [9.17, 15) is 4.79 Å². The second kappa shape index (κ2) is 6.48. The maximum Gasteiger partial charge on any atom is 0.272 e. The van der Waals surface area contributed by atoms with Gasteiger partial charge in [0.05, 0.1) is 31.7 Å². The van der Waals surface area contributed by atoms with Crippen LogP contribution in [0, 0.1) is 0 Å². The van der Waals surface area contributed by atoms with Gasteiger partial charge < -0.3 is 23.9 Å². The normalized spacial score (nSPS) is 17.6. The molecule has 8 heteroatoms. The van der Waals surface area contributed by atoms with E-state index in [0.29, 0.717) is 31.2 Å². The molecule has 138 valence electrons. The highest BCUT2D eigenvalue weighted by atomic mass is 16.7. The maximum atomic E-state index is 12.3. The summed E-state index contributed by atoms with van der Waals surface area (Å²) < 4.78 is 23.8. The Morgan fingerprint density at radius 3 is 3.04 bits per heavy atom. The first-order valence-corrected chi connectivity index (χ1v) is 8.65. The van der Waals surface area contributed by atoms with Gasteiger partial charge in [-0.05, 0) is 35.9 Å². The van der Waals surface area contributed by atoms with Gasteiger partial charge in [0.2, 0.25) is 6.79 Å². The monoisotopic (exact) mass is 367 g/mol. The summed E-state index contributed by atoms with van der Waals surface area (Å²) in [5.41, 5.74) is 2.23. The highest BCUT2D eigenvalue weighted by Crippen LogP contribution is 2.36. The first-order chi connectivity index (χ1) is 13.3. The number of amides is 1. The Hall–Kier alpha value is -3.26. The quantitative estimate of drug-likeness (QED) is 0.762. The van der Waals surface area contributed by atoms with Crippen molar-refractivity contribution >= 4 is 5.91 Å². The number of carbonyl (C=O) groups excluding carboxylic acids is 1. The SMILES string of the molecule is O=C(NCc1ccco1)c1cc2n(n1)CC(c1ccc3c(c1)OCO3)OC2. The molecule has 5 rings (SSSR count). The Balaban J connectivity index is 1.29. The number of nitrogens with zero attached hydrogens (tertiary/aromatic N) is 2. The van der Waals surface area contributed by atoms with Gasteiger partial charge in [0.25, 0.3) is 5.91 Å². The largest absolute Gasteiger partial charge is 0.467 e. The van der Waals surface area contributed by atoms with Crippen LogP contribution in [0.2, 0.25) is 0 Å². The third-order valence-corrected chi connectivity index (χ3v) is 4.64. The molecule has 8 nitrogen and oxygen atoms in total. The Morgan fingerprint density at radius 2 is 2.15 bits per heavy atom. The summed E-state index contributed by atoms with van der Waals surface area (Å²) in [6, 6.07) is 11.1. The van der Waals surface area contributed by atoms with Crippen LogP contribution in [0.4, 0.5) is 0 Å². The third-order valence-electron chi connectivity index (χ3n) is 4.64. The number of ether oxygens (including phenoxy) is 3. The van der Waals surface area contributed by atoms with Crippen molar-refractivity contribution in [1.82, 2.24) is 15.1 Å². The lowest BCUT2D eigenvalue weighted by molar-refractivity contribution is -0.00128. The molecule has 1 N–H and O–H groups in total. The molecule has 0 fully saturated rings. The highest BCUT2D eigenvalue weighted by molar-refractivity contribution is 5.92. The lowest BCUT2D eigenvalue weighted by atomic mass is 10.1. The van der Waals surface area contributed by atoms with E-state index >= 15 is 0 Å². The number of fused-ring (bicyclic) bond motifs is 2. The molecule has 0 bridgehead atoms. The van der Waals surface area contributed by atoms with Crippen LogP contribution in [0.1, 0.15) is 33.6 Å². The van der Waals surface area contributed by atoms with Gasteiger partial charge in [-0.2, -0.15) is 5.10 Å². The minimum atomic E-state index is -0.243. The average molecular weight is 367 g/mol. The minimum absolute atomic E-state index is 0.161. The van der Waals surface area contributed by atoms with Gasteiger partial charge in [-0.25, -0.2) is 0 Å². The molecule has 3 aromatic rings. The first-order valence-electron chi connectivity index (χ1n) is 8.65. The summed E-state index contributed by atoms with van der Waals surface area (Å²) in [5, 5.41) is 7.24. The summed E-state index contributed by atoms with van der Waals surface area (Å²) in [4.78, 5) is 12.3. The molecule has 0 spiro atoms. The number of rotatable bonds is 4. The third kappa shape index (κ3) is 3.04. The fraction of sp³-hybridized carbons (Fsp3) is 0.263. The first kappa shape index (κ1) is 16.0. The molecule has 0 saturated heterocycles. The van der Waals surface area contributed by atoms with Crippen LogP contribution in [-0.2, 0) is 24.4 Å². The van der Waals surface area contributed by atoms with Crippen LogP contribution >= 0.6 is 0 Å². The van der Waals surface area contributed by atoms with Gasteiger partial charge in [0.15, 0.2) is 17.2 Å². The van der Waals surface area contributed by atoms with Gasteiger partial charge in [-0.3, -0.25) is 9.48 Å². The van der Waals surface area contributed by atoms with E-state index in [1.807, 2.05) is 28.9 Å². The van der Waals surface area contributed by atoms with E-state index < -0.39 is 0 Å². The second-order valence-electron chi connectivity index (χ2n) is 6.38. The van der Waals surface area contributed by atoms with Gasteiger partial charge in [0, 0.05) is 0 Å². The van der Waals surface area contributed by atoms with Gasteiger partial charge in [0.1, 0.15) is 11.9 Å². The van der Waals surface area contributed by atoms with E-state index in [1.165, 1.54) is 0 Å². The molecule has 0 saturated carbocycles. The van der Waals surface area contributed by atoms with Crippen LogP contribution in [0.3, 0.4) is 0 Å². The molecule has 0 radical (unpaired) electrons. The topological polar surface area (TPSA) is 87.8 Å². The summed E-state index contributed by atoms with van der Waals surface area (Å²) >= 11 is 0. The van der Waals surface area contributed by atoms with E-state index in [0.717, 1.165) is 22.8 Å². The molecule has 27 heavy (non-hydrogen) atoms. The van der Waals surface area contributed by atoms with Crippen molar-refractivity contribution in [3.05, 3.63) is 65.4 Å².